The van der Waals surface area contributed by atoms with Gasteiger partial charge >= 0.3 is 0 Å². The van der Waals surface area contributed by atoms with Crippen molar-refractivity contribution in [3.63, 3.8) is 0 Å². The molecule has 0 aliphatic rings. The maximum Gasteiger partial charge on any atom is 0.248 e. The molecule has 4 nitrogen and oxygen atoms in total. The first kappa shape index (κ1) is 7.79. The number of aryl methyl sites for hydroxylation is 1. The molecule has 4 heteroatoms. The molecule has 2 rings (SSSR count). The van der Waals surface area contributed by atoms with Crippen LogP contribution in [0.3, 0.4) is 0 Å². The summed E-state index contributed by atoms with van der Waals surface area (Å²) in [7, 11) is 1.89. The molecular formula is C9H11N4+. The molecule has 1 aromatic carbocycles. The molecule has 0 saturated carbocycles. The highest BCUT2D eigenvalue weighted by molar-refractivity contribution is 5.62. The van der Waals surface area contributed by atoms with Gasteiger partial charge in [0, 0.05) is 16.3 Å². The minimum absolute atomic E-state index is 0.753. The van der Waals surface area contributed by atoms with Gasteiger partial charge in [-0.2, -0.15) is 4.68 Å². The van der Waals surface area contributed by atoms with E-state index in [0.717, 1.165) is 16.9 Å². The summed E-state index contributed by atoms with van der Waals surface area (Å²) in [6.07, 6.45) is 1.91. The molecule has 0 bridgehead atoms. The molecule has 0 atom stereocenters. The van der Waals surface area contributed by atoms with Crippen LogP contribution in [0.15, 0.2) is 30.5 Å². The highest BCUT2D eigenvalue weighted by atomic mass is 15.4. The van der Waals surface area contributed by atoms with Crippen LogP contribution >= 0.6 is 0 Å². The van der Waals surface area contributed by atoms with Gasteiger partial charge in [-0.15, -0.1) is 0 Å². The molecule has 0 spiro atoms. The number of rotatable bonds is 1. The predicted octanol–water partition coefficient (Wildman–Crippen LogP) is 0.483. The van der Waals surface area contributed by atoms with Crippen molar-refractivity contribution in [2.24, 2.45) is 7.05 Å². The Morgan fingerprint density at radius 1 is 1.46 bits per heavy atom. The molecule has 1 heterocycles. The van der Waals surface area contributed by atoms with Gasteiger partial charge in [-0.05, 0) is 12.1 Å². The average molecular weight is 175 g/mol. The average Bonchev–Trinajstić information content (AvgIpc) is 2.52. The summed E-state index contributed by atoms with van der Waals surface area (Å²) in [4.78, 5) is 0. The van der Waals surface area contributed by atoms with Crippen LogP contribution in [0.2, 0.25) is 0 Å². The van der Waals surface area contributed by atoms with Gasteiger partial charge in [0.25, 0.3) is 0 Å². The minimum Gasteiger partial charge on any atom is -0.399 e. The number of hydrogen-bond acceptors (Lipinski definition) is 2. The number of aromatic amines is 1. The number of H-pyrrole nitrogens is 1. The molecule has 13 heavy (non-hydrogen) atoms. The van der Waals surface area contributed by atoms with E-state index < -0.39 is 0 Å². The molecular weight excluding hydrogens is 164 g/mol. The molecule has 2 aromatic rings. The minimum atomic E-state index is 0.753. The van der Waals surface area contributed by atoms with Gasteiger partial charge in [0.15, 0.2) is 6.20 Å². The molecule has 0 aliphatic carbocycles. The van der Waals surface area contributed by atoms with Crippen LogP contribution in [0.1, 0.15) is 0 Å². The maximum atomic E-state index is 5.66. The van der Waals surface area contributed by atoms with Crippen molar-refractivity contribution in [2.75, 3.05) is 5.73 Å². The van der Waals surface area contributed by atoms with Gasteiger partial charge in [-0.1, -0.05) is 17.3 Å². The van der Waals surface area contributed by atoms with Crippen molar-refractivity contribution >= 4 is 5.69 Å². The van der Waals surface area contributed by atoms with Crippen molar-refractivity contribution in [3.8, 4) is 11.3 Å². The Hall–Kier alpha value is -1.84. The van der Waals surface area contributed by atoms with Gasteiger partial charge < -0.3 is 5.73 Å². The third kappa shape index (κ3) is 1.51. The lowest BCUT2D eigenvalue weighted by atomic mass is 10.1. The number of nitrogen functional groups attached to an aromatic ring is 1. The number of benzene rings is 1. The topological polar surface area (TPSA) is 58.6 Å². The molecule has 0 amide bonds. The number of nitrogens with one attached hydrogen (secondary N) is 1. The quantitative estimate of drug-likeness (QED) is 0.489. The lowest BCUT2D eigenvalue weighted by Crippen LogP contribution is -2.28. The second-order valence-corrected chi connectivity index (χ2v) is 2.96. The molecule has 0 unspecified atom stereocenters. The second kappa shape index (κ2) is 2.90. The summed E-state index contributed by atoms with van der Waals surface area (Å²) in [6.45, 7) is 0. The first-order valence-electron chi connectivity index (χ1n) is 4.02. The van der Waals surface area contributed by atoms with Crippen molar-refractivity contribution in [1.82, 2.24) is 10.3 Å². The molecule has 0 saturated heterocycles. The SMILES string of the molecule is C[n+]1cc(-c2cccc(N)c2)n[nH]1. The number of hydrogen-bond donors (Lipinski definition) is 2. The number of anilines is 1. The van der Waals surface area contributed by atoms with Crippen LogP contribution in [0.4, 0.5) is 5.69 Å². The fourth-order valence-corrected chi connectivity index (χ4v) is 1.21. The fraction of sp³-hybridized carbons (Fsp3) is 0.111. The van der Waals surface area contributed by atoms with Gasteiger partial charge in [-0.3, -0.25) is 0 Å². The Kier molecular flexibility index (Phi) is 1.73. The highest BCUT2D eigenvalue weighted by Gasteiger charge is 2.08. The lowest BCUT2D eigenvalue weighted by molar-refractivity contribution is -0.730. The lowest BCUT2D eigenvalue weighted by Gasteiger charge is -1.92. The van der Waals surface area contributed by atoms with E-state index in [1.165, 1.54) is 0 Å². The van der Waals surface area contributed by atoms with Crippen molar-refractivity contribution < 1.29 is 4.68 Å². The van der Waals surface area contributed by atoms with Gasteiger partial charge in [0.1, 0.15) is 7.05 Å². The summed E-state index contributed by atoms with van der Waals surface area (Å²) >= 11 is 0. The highest BCUT2D eigenvalue weighted by Crippen LogP contribution is 2.16. The van der Waals surface area contributed by atoms with Crippen LogP contribution in [-0.2, 0) is 7.05 Å². The van der Waals surface area contributed by atoms with Gasteiger partial charge in [0.2, 0.25) is 5.69 Å². The number of nitrogens with two attached hydrogens (primary N) is 1. The summed E-state index contributed by atoms with van der Waals surface area (Å²) < 4.78 is 1.79. The van der Waals surface area contributed by atoms with E-state index in [9.17, 15) is 0 Å². The number of nitrogens with zero attached hydrogens (tertiary/aromatic N) is 2. The van der Waals surface area contributed by atoms with Crippen LogP contribution in [-0.4, -0.2) is 10.3 Å². The zero-order chi connectivity index (χ0) is 9.26. The van der Waals surface area contributed by atoms with E-state index >= 15 is 0 Å². The fourth-order valence-electron chi connectivity index (χ4n) is 1.21. The van der Waals surface area contributed by atoms with Crippen molar-refractivity contribution in [3.05, 3.63) is 30.5 Å². The van der Waals surface area contributed by atoms with E-state index in [4.69, 9.17) is 5.73 Å². The van der Waals surface area contributed by atoms with Crippen molar-refractivity contribution in [1.29, 1.82) is 0 Å². The Morgan fingerprint density at radius 3 is 2.92 bits per heavy atom. The first-order valence-corrected chi connectivity index (χ1v) is 4.02. The third-order valence-corrected chi connectivity index (χ3v) is 1.83. The Labute approximate surface area is 76.0 Å². The molecule has 66 valence electrons. The Balaban J connectivity index is 2.46. The predicted molar refractivity (Wildman–Crippen MR) is 49.6 cm³/mol. The zero-order valence-electron chi connectivity index (χ0n) is 7.36. The monoisotopic (exact) mass is 175 g/mol. The van der Waals surface area contributed by atoms with Crippen LogP contribution in [0.25, 0.3) is 11.3 Å². The maximum absolute atomic E-state index is 5.66. The summed E-state index contributed by atoms with van der Waals surface area (Å²) in [5, 5.41) is 6.92. The molecule has 0 aliphatic heterocycles. The molecule has 0 radical (unpaired) electrons. The van der Waals surface area contributed by atoms with Gasteiger partial charge in [0.05, 0.1) is 0 Å². The van der Waals surface area contributed by atoms with Crippen LogP contribution in [0.5, 0.6) is 0 Å². The zero-order valence-corrected chi connectivity index (χ0v) is 7.36. The Morgan fingerprint density at radius 2 is 2.31 bits per heavy atom. The van der Waals surface area contributed by atoms with Crippen LogP contribution in [0, 0.1) is 0 Å². The standard InChI is InChI=1S/C9H10N4/c1-13-6-9(11-12-13)7-3-2-4-8(10)5-7/h2-6H,10H2,1H3/p+1. The van der Waals surface area contributed by atoms with Crippen molar-refractivity contribution in [2.45, 2.75) is 0 Å². The summed E-state index contributed by atoms with van der Waals surface area (Å²) in [6, 6.07) is 7.65. The van der Waals surface area contributed by atoms with E-state index in [1.54, 1.807) is 4.68 Å². The summed E-state index contributed by atoms with van der Waals surface area (Å²) in [5.41, 5.74) is 8.33. The molecule has 3 N–H and O–H groups in total. The third-order valence-electron chi connectivity index (χ3n) is 1.83. The Bertz CT molecular complexity index is 419. The largest absolute Gasteiger partial charge is 0.399 e. The normalized spacial score (nSPS) is 10.2. The van der Waals surface area contributed by atoms with Crippen LogP contribution < -0.4 is 10.4 Å². The van der Waals surface area contributed by atoms with E-state index in [2.05, 4.69) is 10.3 Å². The smallest absolute Gasteiger partial charge is 0.248 e. The van der Waals surface area contributed by atoms with E-state index in [-0.39, 0.29) is 0 Å². The van der Waals surface area contributed by atoms with Gasteiger partial charge in [-0.25, -0.2) is 0 Å². The molecule has 0 fully saturated rings. The second-order valence-electron chi connectivity index (χ2n) is 2.96. The van der Waals surface area contributed by atoms with E-state index in [0.29, 0.717) is 0 Å². The summed E-state index contributed by atoms with van der Waals surface area (Å²) in [5.74, 6) is 0. The molecule has 1 aromatic heterocycles. The van der Waals surface area contributed by atoms with E-state index in [1.807, 2.05) is 37.5 Å². The number of aromatic nitrogens is 3. The first-order chi connectivity index (χ1) is 6.25.